The van der Waals surface area contributed by atoms with Crippen LogP contribution in [0.25, 0.3) is 0 Å². The topological polar surface area (TPSA) is 30.2 Å². The molecular formula is C14H14O2. The van der Waals surface area contributed by atoms with Crippen molar-refractivity contribution >= 4 is 5.78 Å². The minimum absolute atomic E-state index is 0.0139. The van der Waals surface area contributed by atoms with Gasteiger partial charge in [0.15, 0.2) is 5.78 Å². The third-order valence-electron chi connectivity index (χ3n) is 2.63. The van der Waals surface area contributed by atoms with E-state index in [-0.39, 0.29) is 11.7 Å². The van der Waals surface area contributed by atoms with E-state index in [0.29, 0.717) is 0 Å². The molecule has 1 aromatic carbocycles. The fraction of sp³-hybridized carbons (Fsp3) is 0.214. The molecule has 0 radical (unpaired) electrons. The highest BCUT2D eigenvalue weighted by Gasteiger charge is 2.15. The first-order valence-electron chi connectivity index (χ1n) is 5.37. The van der Waals surface area contributed by atoms with Crippen LogP contribution in [0.2, 0.25) is 0 Å². The van der Waals surface area contributed by atoms with E-state index in [1.807, 2.05) is 43.3 Å². The molecule has 0 amide bonds. The lowest BCUT2D eigenvalue weighted by atomic mass is 9.94. The van der Waals surface area contributed by atoms with Gasteiger partial charge < -0.3 is 4.42 Å². The van der Waals surface area contributed by atoms with E-state index in [0.717, 1.165) is 17.5 Å². The maximum atomic E-state index is 12.0. The van der Waals surface area contributed by atoms with Crippen LogP contribution in [-0.4, -0.2) is 5.78 Å². The average Bonchev–Trinajstić information content (AvgIpc) is 2.82. The SMILES string of the molecule is CC(Cc1ccoc1)C(=O)c1ccccc1. The molecule has 0 bridgehead atoms. The summed E-state index contributed by atoms with van der Waals surface area (Å²) in [5.41, 5.74) is 1.84. The van der Waals surface area contributed by atoms with E-state index in [4.69, 9.17) is 4.42 Å². The van der Waals surface area contributed by atoms with Crippen molar-refractivity contribution in [3.63, 3.8) is 0 Å². The third kappa shape index (κ3) is 2.40. The van der Waals surface area contributed by atoms with Crippen LogP contribution in [-0.2, 0) is 6.42 Å². The van der Waals surface area contributed by atoms with E-state index in [9.17, 15) is 4.79 Å². The Balaban J connectivity index is 2.05. The van der Waals surface area contributed by atoms with Crippen molar-refractivity contribution in [1.82, 2.24) is 0 Å². The van der Waals surface area contributed by atoms with Crippen molar-refractivity contribution in [3.05, 3.63) is 60.1 Å². The molecule has 0 aliphatic heterocycles. The summed E-state index contributed by atoms with van der Waals surface area (Å²) in [5, 5.41) is 0. The molecule has 1 unspecified atom stereocenters. The van der Waals surface area contributed by atoms with Gasteiger partial charge in [-0.1, -0.05) is 37.3 Å². The second-order valence-electron chi connectivity index (χ2n) is 3.97. The summed E-state index contributed by atoms with van der Waals surface area (Å²) in [6, 6.07) is 11.3. The zero-order valence-electron chi connectivity index (χ0n) is 9.22. The van der Waals surface area contributed by atoms with Crippen molar-refractivity contribution < 1.29 is 9.21 Å². The predicted octanol–water partition coefficient (Wildman–Crippen LogP) is 3.34. The first-order chi connectivity index (χ1) is 7.77. The van der Waals surface area contributed by atoms with E-state index >= 15 is 0 Å². The largest absolute Gasteiger partial charge is 0.472 e. The van der Waals surface area contributed by atoms with Crippen LogP contribution in [0.4, 0.5) is 0 Å². The van der Waals surface area contributed by atoms with Crippen LogP contribution >= 0.6 is 0 Å². The predicted molar refractivity (Wildman–Crippen MR) is 62.3 cm³/mol. The van der Waals surface area contributed by atoms with Gasteiger partial charge in [0, 0.05) is 11.5 Å². The highest BCUT2D eigenvalue weighted by molar-refractivity contribution is 5.97. The molecule has 1 atom stereocenters. The van der Waals surface area contributed by atoms with Gasteiger partial charge in [-0.2, -0.15) is 0 Å². The number of furan rings is 1. The van der Waals surface area contributed by atoms with Crippen LogP contribution in [0.3, 0.4) is 0 Å². The summed E-state index contributed by atoms with van der Waals surface area (Å²) in [6.07, 6.45) is 4.05. The lowest BCUT2D eigenvalue weighted by Gasteiger charge is -2.08. The van der Waals surface area contributed by atoms with Crippen molar-refractivity contribution in [3.8, 4) is 0 Å². The van der Waals surface area contributed by atoms with Crippen LogP contribution in [0.15, 0.2) is 53.3 Å². The first-order valence-corrected chi connectivity index (χ1v) is 5.37. The molecule has 0 N–H and O–H groups in total. The van der Waals surface area contributed by atoms with Crippen molar-refractivity contribution in [1.29, 1.82) is 0 Å². The van der Waals surface area contributed by atoms with Crippen molar-refractivity contribution in [2.45, 2.75) is 13.3 Å². The standard InChI is InChI=1S/C14H14O2/c1-11(9-12-7-8-16-10-12)14(15)13-5-3-2-4-6-13/h2-8,10-11H,9H2,1H3. The quantitative estimate of drug-likeness (QED) is 0.731. The summed E-state index contributed by atoms with van der Waals surface area (Å²) in [5.74, 6) is 0.168. The Labute approximate surface area is 94.9 Å². The van der Waals surface area contributed by atoms with E-state index in [1.165, 1.54) is 0 Å². The fourth-order valence-electron chi connectivity index (χ4n) is 1.74. The summed E-state index contributed by atoms with van der Waals surface area (Å²) >= 11 is 0. The molecule has 2 nitrogen and oxygen atoms in total. The number of carbonyl (C=O) groups excluding carboxylic acids is 1. The van der Waals surface area contributed by atoms with Gasteiger partial charge in [-0.05, 0) is 18.1 Å². The van der Waals surface area contributed by atoms with Crippen molar-refractivity contribution in [2.75, 3.05) is 0 Å². The maximum Gasteiger partial charge on any atom is 0.165 e. The molecule has 2 aromatic rings. The molecule has 0 aliphatic rings. The van der Waals surface area contributed by atoms with Gasteiger partial charge in [-0.15, -0.1) is 0 Å². The molecule has 0 saturated carbocycles. The lowest BCUT2D eigenvalue weighted by molar-refractivity contribution is 0.0929. The van der Waals surface area contributed by atoms with Crippen LogP contribution in [0.5, 0.6) is 0 Å². The molecule has 0 spiro atoms. The smallest absolute Gasteiger partial charge is 0.165 e. The fourth-order valence-corrected chi connectivity index (χ4v) is 1.74. The van der Waals surface area contributed by atoms with Gasteiger partial charge in [0.2, 0.25) is 0 Å². The van der Waals surface area contributed by atoms with E-state index in [1.54, 1.807) is 12.5 Å². The zero-order valence-corrected chi connectivity index (χ0v) is 9.22. The Bertz CT molecular complexity index is 443. The number of carbonyl (C=O) groups is 1. The number of hydrogen-bond donors (Lipinski definition) is 0. The number of hydrogen-bond acceptors (Lipinski definition) is 2. The minimum Gasteiger partial charge on any atom is -0.472 e. The molecule has 0 fully saturated rings. The number of rotatable bonds is 4. The highest BCUT2D eigenvalue weighted by atomic mass is 16.3. The molecule has 1 aromatic heterocycles. The third-order valence-corrected chi connectivity index (χ3v) is 2.63. The molecule has 0 aliphatic carbocycles. The Morgan fingerprint density at radius 2 is 2.00 bits per heavy atom. The Kier molecular flexibility index (Phi) is 3.20. The molecule has 1 heterocycles. The lowest BCUT2D eigenvalue weighted by Crippen LogP contribution is -2.13. The maximum absolute atomic E-state index is 12.0. The van der Waals surface area contributed by atoms with Crippen LogP contribution < -0.4 is 0 Å². The van der Waals surface area contributed by atoms with Crippen molar-refractivity contribution in [2.24, 2.45) is 5.92 Å². The van der Waals surface area contributed by atoms with Gasteiger partial charge in [-0.25, -0.2) is 0 Å². The molecule has 2 heteroatoms. The first kappa shape index (κ1) is 10.7. The Hall–Kier alpha value is -1.83. The minimum atomic E-state index is -0.0139. The van der Waals surface area contributed by atoms with Gasteiger partial charge in [0.25, 0.3) is 0 Å². The van der Waals surface area contributed by atoms with Gasteiger partial charge in [0.1, 0.15) is 0 Å². The average molecular weight is 214 g/mol. The van der Waals surface area contributed by atoms with E-state index < -0.39 is 0 Å². The molecule has 0 saturated heterocycles. The van der Waals surface area contributed by atoms with Gasteiger partial charge >= 0.3 is 0 Å². The van der Waals surface area contributed by atoms with Crippen LogP contribution in [0.1, 0.15) is 22.8 Å². The second-order valence-corrected chi connectivity index (χ2v) is 3.97. The van der Waals surface area contributed by atoms with Crippen LogP contribution in [0, 0.1) is 5.92 Å². The summed E-state index contributed by atoms with van der Waals surface area (Å²) in [6.45, 7) is 1.95. The van der Waals surface area contributed by atoms with E-state index in [2.05, 4.69) is 0 Å². The number of ketones is 1. The summed E-state index contributed by atoms with van der Waals surface area (Å²) < 4.78 is 4.99. The monoisotopic (exact) mass is 214 g/mol. The molecular weight excluding hydrogens is 200 g/mol. The molecule has 82 valence electrons. The van der Waals surface area contributed by atoms with Gasteiger partial charge in [-0.3, -0.25) is 4.79 Å². The summed E-state index contributed by atoms with van der Waals surface area (Å²) in [7, 11) is 0. The Morgan fingerprint density at radius 3 is 2.62 bits per heavy atom. The highest BCUT2D eigenvalue weighted by Crippen LogP contribution is 2.14. The van der Waals surface area contributed by atoms with Gasteiger partial charge in [0.05, 0.1) is 12.5 Å². The number of benzene rings is 1. The molecule has 16 heavy (non-hydrogen) atoms. The second kappa shape index (κ2) is 4.79. The normalized spacial score (nSPS) is 12.3. The zero-order chi connectivity index (χ0) is 11.4. The number of Topliss-reactive ketones (excluding diaryl/α,β-unsaturated/α-hetero) is 1. The molecule has 2 rings (SSSR count). The summed E-state index contributed by atoms with van der Waals surface area (Å²) in [4.78, 5) is 12.0. The Morgan fingerprint density at radius 1 is 1.25 bits per heavy atom.